The summed E-state index contributed by atoms with van der Waals surface area (Å²) in [6.07, 6.45) is -1.23. The van der Waals surface area contributed by atoms with Gasteiger partial charge in [-0.3, -0.25) is 4.79 Å². The Balaban J connectivity index is 2.62. The summed E-state index contributed by atoms with van der Waals surface area (Å²) in [5.74, 6) is 0.0515. The van der Waals surface area contributed by atoms with Gasteiger partial charge in [-0.1, -0.05) is 13.8 Å². The molecule has 0 aromatic carbocycles. The first-order chi connectivity index (χ1) is 6.85. The van der Waals surface area contributed by atoms with Gasteiger partial charge in [-0.2, -0.15) is 0 Å². The minimum Gasteiger partial charge on any atom is -0.438 e. The minimum atomic E-state index is -0.918. The van der Waals surface area contributed by atoms with E-state index in [1.165, 1.54) is 0 Å². The Bertz CT molecular complexity index is 271. The van der Waals surface area contributed by atoms with Crippen LogP contribution in [0.15, 0.2) is 0 Å². The molecular weight excluding hydrogens is 198 g/mol. The lowest BCUT2D eigenvalue weighted by Gasteiger charge is -2.18. The number of carbonyl (C=O) groups is 2. The van der Waals surface area contributed by atoms with Crippen LogP contribution in [0.5, 0.6) is 0 Å². The second-order valence-electron chi connectivity index (χ2n) is 4.44. The van der Waals surface area contributed by atoms with Crippen molar-refractivity contribution in [2.24, 2.45) is 11.7 Å². The molecule has 0 aromatic heterocycles. The fourth-order valence-corrected chi connectivity index (χ4v) is 1.37. The van der Waals surface area contributed by atoms with Crippen molar-refractivity contribution >= 4 is 11.9 Å². The molecule has 2 atom stereocenters. The Labute approximate surface area is 88.9 Å². The number of epoxide rings is 1. The van der Waals surface area contributed by atoms with Crippen LogP contribution >= 0.6 is 0 Å². The predicted octanol–water partition coefficient (Wildman–Crippen LogP) is 0.854. The van der Waals surface area contributed by atoms with Crippen LogP contribution in [0.4, 0.5) is 4.79 Å². The fourth-order valence-electron chi connectivity index (χ4n) is 1.37. The highest BCUT2D eigenvalue weighted by Gasteiger charge is 2.50. The van der Waals surface area contributed by atoms with Crippen LogP contribution in [0.25, 0.3) is 0 Å². The number of carbonyl (C=O) groups excluding carboxylic acids is 2. The van der Waals surface area contributed by atoms with Crippen LogP contribution in [0.2, 0.25) is 0 Å². The van der Waals surface area contributed by atoms with E-state index in [1.807, 2.05) is 13.8 Å². The molecule has 1 aliphatic heterocycles. The zero-order chi connectivity index (χ0) is 11.6. The normalized spacial score (nSPS) is 26.1. The Hall–Kier alpha value is -1.10. The summed E-state index contributed by atoms with van der Waals surface area (Å²) < 4.78 is 9.82. The minimum absolute atomic E-state index is 0.199. The standard InChI is InChI=1S/C10H17NO4/c1-6(2)4-7(15-9(11)13)8(12)10(3)5-14-10/h6-7H,4-5H2,1-3H3,(H2,11,13). The van der Waals surface area contributed by atoms with Gasteiger partial charge in [0, 0.05) is 0 Å². The summed E-state index contributed by atoms with van der Waals surface area (Å²) in [5.41, 5.74) is 4.15. The van der Waals surface area contributed by atoms with Gasteiger partial charge in [-0.15, -0.1) is 0 Å². The number of hydrogen-bond donors (Lipinski definition) is 1. The highest BCUT2D eigenvalue weighted by molar-refractivity contribution is 5.94. The largest absolute Gasteiger partial charge is 0.438 e. The summed E-state index contributed by atoms with van der Waals surface area (Å²) in [4.78, 5) is 22.5. The second kappa shape index (κ2) is 4.18. The van der Waals surface area contributed by atoms with E-state index in [0.29, 0.717) is 13.0 Å². The molecule has 0 spiro atoms. The molecule has 1 fully saturated rings. The maximum absolute atomic E-state index is 11.8. The van der Waals surface area contributed by atoms with Crippen molar-refractivity contribution in [3.05, 3.63) is 0 Å². The van der Waals surface area contributed by atoms with Gasteiger partial charge in [0.25, 0.3) is 0 Å². The van der Waals surface area contributed by atoms with Crippen molar-refractivity contribution in [1.82, 2.24) is 0 Å². The maximum atomic E-state index is 11.8. The van der Waals surface area contributed by atoms with E-state index in [0.717, 1.165) is 0 Å². The van der Waals surface area contributed by atoms with Crippen molar-refractivity contribution in [2.45, 2.75) is 38.9 Å². The van der Waals surface area contributed by atoms with Gasteiger partial charge in [0.2, 0.25) is 5.78 Å². The first-order valence-corrected chi connectivity index (χ1v) is 4.99. The number of ether oxygens (including phenoxy) is 2. The molecule has 2 N–H and O–H groups in total. The van der Waals surface area contributed by atoms with Gasteiger partial charge in [0.05, 0.1) is 6.61 Å². The summed E-state index contributed by atoms with van der Waals surface area (Å²) in [5, 5.41) is 0. The van der Waals surface area contributed by atoms with Gasteiger partial charge >= 0.3 is 6.09 Å². The predicted molar refractivity (Wildman–Crippen MR) is 53.3 cm³/mol. The van der Waals surface area contributed by atoms with Crippen molar-refractivity contribution in [3.63, 3.8) is 0 Å². The van der Waals surface area contributed by atoms with Crippen molar-refractivity contribution in [2.75, 3.05) is 6.61 Å². The monoisotopic (exact) mass is 215 g/mol. The number of hydrogen-bond acceptors (Lipinski definition) is 4. The Morgan fingerprint density at radius 1 is 1.53 bits per heavy atom. The van der Waals surface area contributed by atoms with Crippen LogP contribution in [-0.2, 0) is 14.3 Å². The molecule has 0 aromatic rings. The molecule has 0 aliphatic carbocycles. The van der Waals surface area contributed by atoms with Gasteiger partial charge in [-0.25, -0.2) is 4.79 Å². The molecular formula is C10H17NO4. The molecule has 0 radical (unpaired) electrons. The van der Waals surface area contributed by atoms with E-state index < -0.39 is 17.8 Å². The van der Waals surface area contributed by atoms with E-state index in [2.05, 4.69) is 0 Å². The molecule has 1 amide bonds. The van der Waals surface area contributed by atoms with E-state index >= 15 is 0 Å². The molecule has 1 saturated heterocycles. The lowest BCUT2D eigenvalue weighted by molar-refractivity contribution is -0.132. The molecule has 1 heterocycles. The van der Waals surface area contributed by atoms with E-state index in [1.54, 1.807) is 6.92 Å². The average molecular weight is 215 g/mol. The van der Waals surface area contributed by atoms with Gasteiger partial charge < -0.3 is 15.2 Å². The third-order valence-electron chi connectivity index (χ3n) is 2.33. The molecule has 2 unspecified atom stereocenters. The van der Waals surface area contributed by atoms with E-state index in [4.69, 9.17) is 15.2 Å². The highest BCUT2D eigenvalue weighted by atomic mass is 16.6. The molecule has 1 aliphatic rings. The van der Waals surface area contributed by atoms with Gasteiger partial charge in [-0.05, 0) is 19.3 Å². The SMILES string of the molecule is CC(C)CC(OC(N)=O)C(=O)C1(C)CO1. The van der Waals surface area contributed by atoms with Gasteiger partial charge in [0.15, 0.2) is 11.7 Å². The lowest BCUT2D eigenvalue weighted by Crippen LogP contribution is -2.38. The molecule has 1 rings (SSSR count). The number of nitrogens with two attached hydrogens (primary N) is 1. The summed E-state index contributed by atoms with van der Waals surface area (Å²) >= 11 is 0. The first kappa shape index (κ1) is 12.0. The fraction of sp³-hybridized carbons (Fsp3) is 0.800. The number of amides is 1. The topological polar surface area (TPSA) is 81.9 Å². The zero-order valence-corrected chi connectivity index (χ0v) is 9.28. The molecule has 86 valence electrons. The number of primary amides is 1. The van der Waals surface area contributed by atoms with E-state index in [-0.39, 0.29) is 11.7 Å². The quantitative estimate of drug-likeness (QED) is 0.689. The molecule has 0 bridgehead atoms. The van der Waals surface area contributed by atoms with Crippen molar-refractivity contribution < 1.29 is 19.1 Å². The highest BCUT2D eigenvalue weighted by Crippen LogP contribution is 2.30. The second-order valence-corrected chi connectivity index (χ2v) is 4.44. The molecule has 5 nitrogen and oxygen atoms in total. The zero-order valence-electron chi connectivity index (χ0n) is 9.28. The van der Waals surface area contributed by atoms with Crippen LogP contribution < -0.4 is 5.73 Å². The number of rotatable bonds is 5. The Kier molecular flexibility index (Phi) is 3.34. The summed E-state index contributed by atoms with van der Waals surface area (Å²) in [7, 11) is 0. The maximum Gasteiger partial charge on any atom is 0.405 e. The van der Waals surface area contributed by atoms with Crippen molar-refractivity contribution in [1.29, 1.82) is 0 Å². The average Bonchev–Trinajstić information content (AvgIpc) is 2.81. The Morgan fingerprint density at radius 2 is 2.07 bits per heavy atom. The smallest absolute Gasteiger partial charge is 0.405 e. The molecule has 15 heavy (non-hydrogen) atoms. The van der Waals surface area contributed by atoms with Gasteiger partial charge in [0.1, 0.15) is 0 Å². The van der Waals surface area contributed by atoms with Crippen LogP contribution in [-0.4, -0.2) is 30.2 Å². The third kappa shape index (κ3) is 3.20. The lowest BCUT2D eigenvalue weighted by atomic mass is 9.96. The van der Waals surface area contributed by atoms with Crippen LogP contribution in [0.1, 0.15) is 27.2 Å². The third-order valence-corrected chi connectivity index (χ3v) is 2.33. The summed E-state index contributed by atoms with van der Waals surface area (Å²) in [6.45, 7) is 5.97. The van der Waals surface area contributed by atoms with Crippen molar-refractivity contribution in [3.8, 4) is 0 Å². The molecule has 5 heteroatoms. The van der Waals surface area contributed by atoms with E-state index in [9.17, 15) is 9.59 Å². The van der Waals surface area contributed by atoms with Crippen LogP contribution in [0.3, 0.4) is 0 Å². The van der Waals surface area contributed by atoms with Crippen LogP contribution in [0, 0.1) is 5.92 Å². The summed E-state index contributed by atoms with van der Waals surface area (Å²) in [6, 6.07) is 0. The number of Topliss-reactive ketones (excluding diaryl/α,β-unsaturated/α-hetero) is 1. The first-order valence-electron chi connectivity index (χ1n) is 4.99. The number of ketones is 1. The Morgan fingerprint density at radius 3 is 2.40 bits per heavy atom. The molecule has 0 saturated carbocycles.